The summed E-state index contributed by atoms with van der Waals surface area (Å²) >= 11 is 6.52. The highest BCUT2D eigenvalue weighted by atomic mass is 79.9. The number of esters is 1. The zero-order chi connectivity index (χ0) is 12.4. The van der Waals surface area contributed by atoms with E-state index in [1.807, 2.05) is 6.07 Å². The molecule has 2 heterocycles. The van der Waals surface area contributed by atoms with Crippen molar-refractivity contribution in [3.63, 3.8) is 0 Å². The van der Waals surface area contributed by atoms with Crippen molar-refractivity contribution in [2.24, 2.45) is 0 Å². The average Bonchev–Trinajstić information content (AvgIpc) is 2.79. The van der Waals surface area contributed by atoms with Crippen LogP contribution in [0.25, 0.3) is 10.1 Å². The van der Waals surface area contributed by atoms with Crippen LogP contribution in [0.15, 0.2) is 9.85 Å². The molecule has 2 aromatic rings. The van der Waals surface area contributed by atoms with Crippen LogP contribution < -0.4 is 0 Å². The van der Waals surface area contributed by atoms with Crippen LogP contribution in [-0.2, 0) is 16.0 Å². The molecule has 2 aromatic heterocycles. The van der Waals surface area contributed by atoms with E-state index >= 15 is 0 Å². The smallest absolute Gasteiger partial charge is 0.302 e. The first-order valence-electron chi connectivity index (χ1n) is 4.91. The predicted molar refractivity (Wildman–Crippen MR) is 73.1 cm³/mol. The first-order chi connectivity index (χ1) is 8.11. The lowest BCUT2D eigenvalue weighted by Gasteiger charge is -1.98. The van der Waals surface area contributed by atoms with Crippen molar-refractivity contribution in [3.8, 4) is 0 Å². The molecule has 3 nitrogen and oxygen atoms in total. The Morgan fingerprint density at radius 3 is 2.94 bits per heavy atom. The van der Waals surface area contributed by atoms with Gasteiger partial charge in [-0.2, -0.15) is 0 Å². The van der Waals surface area contributed by atoms with Gasteiger partial charge in [0.15, 0.2) is 6.29 Å². The van der Waals surface area contributed by atoms with Gasteiger partial charge in [-0.3, -0.25) is 9.59 Å². The highest BCUT2D eigenvalue weighted by Crippen LogP contribution is 2.40. The minimum absolute atomic E-state index is 0.266. The molecule has 2 rings (SSSR count). The molecule has 0 aromatic carbocycles. The molecule has 0 saturated carbocycles. The third-order valence-corrected chi connectivity index (χ3v) is 5.59. The van der Waals surface area contributed by atoms with E-state index in [1.165, 1.54) is 18.3 Å². The summed E-state index contributed by atoms with van der Waals surface area (Å²) in [5.74, 6) is -0.266. The molecule has 0 aliphatic rings. The van der Waals surface area contributed by atoms with Crippen molar-refractivity contribution >= 4 is 60.9 Å². The summed E-state index contributed by atoms with van der Waals surface area (Å²) in [4.78, 5) is 23.4. The standard InChI is InChI=1S/C11H9BrO3S2/c1-6(14)15-3-2-7-4-8-9(5-13)17-11(12)10(8)16-7/h4-5H,2-3H2,1H3. The largest absolute Gasteiger partial charge is 0.465 e. The van der Waals surface area contributed by atoms with Crippen LogP contribution in [0.2, 0.25) is 0 Å². The normalized spacial score (nSPS) is 10.7. The highest BCUT2D eigenvalue weighted by molar-refractivity contribution is 9.11. The average molecular weight is 333 g/mol. The predicted octanol–water partition coefficient (Wildman–Crippen LogP) is 3.64. The molecule has 0 saturated heterocycles. The molecule has 90 valence electrons. The van der Waals surface area contributed by atoms with E-state index in [2.05, 4.69) is 15.9 Å². The third-order valence-electron chi connectivity index (χ3n) is 2.19. The van der Waals surface area contributed by atoms with E-state index in [0.717, 1.165) is 29.9 Å². The van der Waals surface area contributed by atoms with Gasteiger partial charge in [0.1, 0.15) is 0 Å². The Hall–Kier alpha value is -0.720. The number of thiophene rings is 2. The Kier molecular flexibility index (Phi) is 3.96. The zero-order valence-electron chi connectivity index (χ0n) is 8.99. The third kappa shape index (κ3) is 2.75. The molecule has 0 bridgehead atoms. The van der Waals surface area contributed by atoms with Gasteiger partial charge in [0.2, 0.25) is 0 Å². The highest BCUT2D eigenvalue weighted by Gasteiger charge is 2.13. The van der Waals surface area contributed by atoms with Gasteiger partial charge in [-0.1, -0.05) is 0 Å². The van der Waals surface area contributed by atoms with Crippen molar-refractivity contribution in [1.82, 2.24) is 0 Å². The number of halogens is 1. The number of rotatable bonds is 4. The van der Waals surface area contributed by atoms with Crippen molar-refractivity contribution in [1.29, 1.82) is 0 Å². The summed E-state index contributed by atoms with van der Waals surface area (Å²) in [6.45, 7) is 1.78. The van der Waals surface area contributed by atoms with Crippen LogP contribution in [0.1, 0.15) is 21.5 Å². The molecule has 0 unspecified atom stereocenters. The summed E-state index contributed by atoms with van der Waals surface area (Å²) < 4.78 is 6.97. The summed E-state index contributed by atoms with van der Waals surface area (Å²) in [7, 11) is 0. The van der Waals surface area contributed by atoms with Gasteiger partial charge in [0.05, 0.1) is 20.0 Å². The molecule has 0 radical (unpaired) electrons. The maximum atomic E-state index is 10.9. The molecule has 0 spiro atoms. The Morgan fingerprint density at radius 1 is 1.53 bits per heavy atom. The number of carbonyl (C=O) groups excluding carboxylic acids is 2. The molecular formula is C11H9BrO3S2. The zero-order valence-corrected chi connectivity index (χ0v) is 12.2. The second kappa shape index (κ2) is 5.29. The fourth-order valence-corrected chi connectivity index (χ4v) is 4.47. The molecule has 17 heavy (non-hydrogen) atoms. The van der Waals surface area contributed by atoms with E-state index in [4.69, 9.17) is 4.74 Å². The van der Waals surface area contributed by atoms with E-state index in [1.54, 1.807) is 11.3 Å². The lowest BCUT2D eigenvalue weighted by Crippen LogP contribution is -2.02. The van der Waals surface area contributed by atoms with Crippen LogP contribution in [-0.4, -0.2) is 18.9 Å². The van der Waals surface area contributed by atoms with Gasteiger partial charge in [-0.25, -0.2) is 0 Å². The van der Waals surface area contributed by atoms with Crippen molar-refractivity contribution in [2.75, 3.05) is 6.61 Å². The quantitative estimate of drug-likeness (QED) is 0.634. The molecule has 6 heteroatoms. The summed E-state index contributed by atoms with van der Waals surface area (Å²) in [5, 5.41) is 0.986. The molecule has 0 amide bonds. The van der Waals surface area contributed by atoms with Gasteiger partial charge in [-0.05, 0) is 22.0 Å². The van der Waals surface area contributed by atoms with Crippen LogP contribution in [0.3, 0.4) is 0 Å². The topological polar surface area (TPSA) is 43.4 Å². The van der Waals surface area contributed by atoms with E-state index < -0.39 is 0 Å². The minimum Gasteiger partial charge on any atom is -0.465 e. The maximum absolute atomic E-state index is 10.9. The first kappa shape index (κ1) is 12.7. The van der Waals surface area contributed by atoms with Crippen LogP contribution >= 0.6 is 38.6 Å². The SMILES string of the molecule is CC(=O)OCCc1cc2c(C=O)sc(Br)c2s1. The Balaban J connectivity index is 2.20. The van der Waals surface area contributed by atoms with Crippen LogP contribution in [0.4, 0.5) is 0 Å². The molecule has 0 aliphatic carbocycles. The Labute approximate surface area is 115 Å². The molecule has 0 atom stereocenters. The van der Waals surface area contributed by atoms with Crippen LogP contribution in [0, 0.1) is 0 Å². The fraction of sp³-hybridized carbons (Fsp3) is 0.273. The van der Waals surface area contributed by atoms with Crippen molar-refractivity contribution in [2.45, 2.75) is 13.3 Å². The van der Waals surface area contributed by atoms with Gasteiger partial charge >= 0.3 is 5.97 Å². The van der Waals surface area contributed by atoms with Gasteiger partial charge in [0, 0.05) is 23.6 Å². The van der Waals surface area contributed by atoms with Gasteiger partial charge < -0.3 is 4.74 Å². The molecule has 0 N–H and O–H groups in total. The second-order valence-electron chi connectivity index (χ2n) is 3.40. The van der Waals surface area contributed by atoms with Crippen molar-refractivity contribution in [3.05, 3.63) is 19.6 Å². The number of aldehydes is 1. The maximum Gasteiger partial charge on any atom is 0.302 e. The monoisotopic (exact) mass is 332 g/mol. The molecule has 0 fully saturated rings. The number of ether oxygens (including phenoxy) is 1. The fourth-order valence-electron chi connectivity index (χ4n) is 1.48. The number of hydrogen-bond donors (Lipinski definition) is 0. The molecular weight excluding hydrogens is 324 g/mol. The van der Waals surface area contributed by atoms with E-state index in [-0.39, 0.29) is 5.97 Å². The Bertz CT molecular complexity index is 571. The second-order valence-corrected chi connectivity index (χ2v) is 6.91. The van der Waals surface area contributed by atoms with Gasteiger partial charge in [0.25, 0.3) is 0 Å². The van der Waals surface area contributed by atoms with E-state index in [0.29, 0.717) is 13.0 Å². The van der Waals surface area contributed by atoms with E-state index in [9.17, 15) is 9.59 Å². The first-order valence-corrected chi connectivity index (χ1v) is 7.33. The number of fused-ring (bicyclic) bond motifs is 1. The lowest BCUT2D eigenvalue weighted by atomic mass is 10.3. The lowest BCUT2D eigenvalue weighted by molar-refractivity contribution is -0.140. The van der Waals surface area contributed by atoms with Gasteiger partial charge in [-0.15, -0.1) is 22.7 Å². The summed E-state index contributed by atoms with van der Waals surface area (Å²) in [6, 6.07) is 1.99. The Morgan fingerprint density at radius 2 is 2.29 bits per heavy atom. The number of hydrogen-bond acceptors (Lipinski definition) is 5. The van der Waals surface area contributed by atoms with Crippen molar-refractivity contribution < 1.29 is 14.3 Å². The number of carbonyl (C=O) groups is 2. The minimum atomic E-state index is -0.266. The molecule has 0 aliphatic heterocycles. The summed E-state index contributed by atoms with van der Waals surface area (Å²) in [5.41, 5.74) is 0. The summed E-state index contributed by atoms with van der Waals surface area (Å²) in [6.07, 6.45) is 1.56. The van der Waals surface area contributed by atoms with Crippen LogP contribution in [0.5, 0.6) is 0 Å².